The van der Waals surface area contributed by atoms with Crippen LogP contribution < -0.4 is 10.5 Å². The second-order valence-corrected chi connectivity index (χ2v) is 4.17. The average Bonchev–Trinajstić information content (AvgIpc) is 2.34. The lowest BCUT2D eigenvalue weighted by molar-refractivity contribution is 0.462. The van der Waals surface area contributed by atoms with Gasteiger partial charge in [-0.15, -0.1) is 0 Å². The van der Waals surface area contributed by atoms with E-state index < -0.39 is 0 Å². The van der Waals surface area contributed by atoms with Gasteiger partial charge in [-0.25, -0.2) is 4.98 Å². The number of rotatable bonds is 2. The molecule has 0 amide bonds. The van der Waals surface area contributed by atoms with E-state index in [0.717, 1.165) is 4.47 Å². The summed E-state index contributed by atoms with van der Waals surface area (Å²) in [5.74, 6) is 0.993. The van der Waals surface area contributed by atoms with E-state index in [1.54, 1.807) is 24.3 Å². The Morgan fingerprint density at radius 3 is 2.53 bits per heavy atom. The van der Waals surface area contributed by atoms with E-state index in [-0.39, 0.29) is 5.69 Å². The molecule has 17 heavy (non-hydrogen) atoms. The van der Waals surface area contributed by atoms with Crippen LogP contribution in [0.5, 0.6) is 11.6 Å². The number of ether oxygens (including phenoxy) is 1. The average molecular weight is 290 g/mol. The highest BCUT2D eigenvalue weighted by Gasteiger charge is 2.04. The molecule has 0 aliphatic rings. The summed E-state index contributed by atoms with van der Waals surface area (Å²) in [6, 6.07) is 12.4. The molecule has 0 aliphatic carbocycles. The molecular weight excluding hydrogens is 282 g/mol. The van der Waals surface area contributed by atoms with Crippen LogP contribution in [0.25, 0.3) is 0 Å². The zero-order valence-electron chi connectivity index (χ0n) is 8.72. The van der Waals surface area contributed by atoms with Gasteiger partial charge in [0.1, 0.15) is 11.8 Å². The van der Waals surface area contributed by atoms with Crippen molar-refractivity contribution in [2.24, 2.45) is 0 Å². The number of pyridine rings is 1. The van der Waals surface area contributed by atoms with Gasteiger partial charge in [-0.1, -0.05) is 15.9 Å². The van der Waals surface area contributed by atoms with Crippen molar-refractivity contribution in [1.29, 1.82) is 5.26 Å². The van der Waals surface area contributed by atoms with E-state index in [4.69, 9.17) is 15.7 Å². The smallest absolute Gasteiger partial charge is 0.220 e. The van der Waals surface area contributed by atoms with Gasteiger partial charge in [0.2, 0.25) is 5.88 Å². The lowest BCUT2D eigenvalue weighted by Crippen LogP contribution is -1.96. The molecule has 2 aromatic rings. The first-order chi connectivity index (χ1) is 8.19. The molecule has 2 rings (SSSR count). The molecule has 0 unspecified atom stereocenters. The number of hydrogen-bond donors (Lipinski definition) is 1. The Morgan fingerprint density at radius 1 is 1.18 bits per heavy atom. The SMILES string of the molecule is N#Cc1nc(Oc2ccc(Br)cc2)ccc1N. The molecule has 0 atom stereocenters. The zero-order valence-corrected chi connectivity index (χ0v) is 10.3. The molecule has 1 aromatic carbocycles. The van der Waals surface area contributed by atoms with Crippen molar-refractivity contribution in [3.05, 3.63) is 46.6 Å². The van der Waals surface area contributed by atoms with Gasteiger partial charge in [0.15, 0.2) is 5.69 Å². The van der Waals surface area contributed by atoms with Crippen LogP contribution in [0, 0.1) is 11.3 Å². The Kier molecular flexibility index (Phi) is 3.26. The van der Waals surface area contributed by atoms with Crippen molar-refractivity contribution in [3.63, 3.8) is 0 Å². The minimum atomic E-state index is 0.166. The van der Waals surface area contributed by atoms with Crippen molar-refractivity contribution in [2.75, 3.05) is 5.73 Å². The molecule has 0 radical (unpaired) electrons. The molecule has 0 fully saturated rings. The summed E-state index contributed by atoms with van der Waals surface area (Å²) in [4.78, 5) is 3.99. The van der Waals surface area contributed by atoms with Crippen LogP contribution >= 0.6 is 15.9 Å². The van der Waals surface area contributed by atoms with Crippen LogP contribution in [0.1, 0.15) is 5.69 Å². The van der Waals surface area contributed by atoms with Gasteiger partial charge in [-0.3, -0.25) is 0 Å². The van der Waals surface area contributed by atoms with E-state index in [2.05, 4.69) is 20.9 Å². The van der Waals surface area contributed by atoms with Crippen LogP contribution in [0.3, 0.4) is 0 Å². The van der Waals surface area contributed by atoms with Gasteiger partial charge in [-0.05, 0) is 30.3 Å². The van der Waals surface area contributed by atoms with E-state index >= 15 is 0 Å². The second-order valence-electron chi connectivity index (χ2n) is 3.26. The molecule has 1 heterocycles. The molecule has 0 saturated carbocycles. The summed E-state index contributed by atoms with van der Waals surface area (Å²) in [6.07, 6.45) is 0. The summed E-state index contributed by atoms with van der Waals surface area (Å²) in [5.41, 5.74) is 6.08. The molecule has 4 nitrogen and oxygen atoms in total. The fourth-order valence-corrected chi connectivity index (χ4v) is 1.49. The third-order valence-electron chi connectivity index (χ3n) is 2.04. The van der Waals surface area contributed by atoms with Gasteiger partial charge < -0.3 is 10.5 Å². The van der Waals surface area contributed by atoms with Gasteiger partial charge >= 0.3 is 0 Å². The first-order valence-corrected chi connectivity index (χ1v) is 5.58. The highest BCUT2D eigenvalue weighted by Crippen LogP contribution is 2.23. The molecule has 2 N–H and O–H groups in total. The standard InChI is InChI=1S/C12H8BrN3O/c13-8-1-3-9(4-2-8)17-12-6-5-10(15)11(7-14)16-12/h1-6H,15H2. The predicted molar refractivity (Wildman–Crippen MR) is 67.6 cm³/mol. The molecule has 0 spiro atoms. The van der Waals surface area contributed by atoms with Crippen molar-refractivity contribution in [1.82, 2.24) is 4.98 Å². The highest BCUT2D eigenvalue weighted by molar-refractivity contribution is 9.10. The first kappa shape index (κ1) is 11.4. The van der Waals surface area contributed by atoms with Crippen LogP contribution in [-0.2, 0) is 0 Å². The summed E-state index contributed by atoms with van der Waals surface area (Å²) >= 11 is 3.33. The summed E-state index contributed by atoms with van der Waals surface area (Å²) in [7, 11) is 0. The number of nitrogens with two attached hydrogens (primary N) is 1. The second kappa shape index (κ2) is 4.85. The van der Waals surface area contributed by atoms with Crippen LogP contribution in [0.4, 0.5) is 5.69 Å². The van der Waals surface area contributed by atoms with Crippen molar-refractivity contribution in [3.8, 4) is 17.7 Å². The van der Waals surface area contributed by atoms with E-state index in [1.165, 1.54) is 0 Å². The molecular formula is C12H8BrN3O. The molecule has 84 valence electrons. The van der Waals surface area contributed by atoms with Gasteiger partial charge in [0.05, 0.1) is 5.69 Å². The Bertz CT molecular complexity index is 575. The highest BCUT2D eigenvalue weighted by atomic mass is 79.9. The van der Waals surface area contributed by atoms with E-state index in [9.17, 15) is 0 Å². The van der Waals surface area contributed by atoms with Crippen molar-refractivity contribution >= 4 is 21.6 Å². The fourth-order valence-electron chi connectivity index (χ4n) is 1.22. The summed E-state index contributed by atoms with van der Waals surface area (Å²) < 4.78 is 6.46. The molecule has 1 aromatic heterocycles. The minimum Gasteiger partial charge on any atom is -0.439 e. The Hall–Kier alpha value is -2.06. The lowest BCUT2D eigenvalue weighted by Gasteiger charge is -2.05. The Labute approximate surface area is 107 Å². The van der Waals surface area contributed by atoms with Gasteiger partial charge in [0, 0.05) is 10.5 Å². The molecule has 5 heteroatoms. The van der Waals surface area contributed by atoms with Gasteiger partial charge in [-0.2, -0.15) is 5.26 Å². The van der Waals surface area contributed by atoms with Gasteiger partial charge in [0.25, 0.3) is 0 Å². The largest absolute Gasteiger partial charge is 0.439 e. The quantitative estimate of drug-likeness (QED) is 0.922. The Balaban J connectivity index is 2.25. The van der Waals surface area contributed by atoms with Crippen LogP contribution in [-0.4, -0.2) is 4.98 Å². The maximum atomic E-state index is 8.79. The van der Waals surface area contributed by atoms with Crippen LogP contribution in [0.2, 0.25) is 0 Å². The molecule has 0 aliphatic heterocycles. The first-order valence-electron chi connectivity index (χ1n) is 4.79. The number of nitrogen functional groups attached to an aromatic ring is 1. The maximum Gasteiger partial charge on any atom is 0.220 e. The summed E-state index contributed by atoms with van der Waals surface area (Å²) in [6.45, 7) is 0. The fraction of sp³-hybridized carbons (Fsp3) is 0. The monoisotopic (exact) mass is 289 g/mol. The lowest BCUT2D eigenvalue weighted by atomic mass is 10.3. The van der Waals surface area contributed by atoms with Crippen molar-refractivity contribution in [2.45, 2.75) is 0 Å². The third kappa shape index (κ3) is 2.74. The number of nitriles is 1. The number of aromatic nitrogens is 1. The summed E-state index contributed by atoms with van der Waals surface area (Å²) in [5, 5.41) is 8.79. The molecule has 0 saturated heterocycles. The third-order valence-corrected chi connectivity index (χ3v) is 2.57. The van der Waals surface area contributed by atoms with Crippen LogP contribution in [0.15, 0.2) is 40.9 Å². The predicted octanol–water partition coefficient (Wildman–Crippen LogP) is 3.09. The number of halogens is 1. The minimum absolute atomic E-state index is 0.166. The number of hydrogen-bond acceptors (Lipinski definition) is 4. The maximum absolute atomic E-state index is 8.79. The van der Waals surface area contributed by atoms with E-state index in [0.29, 0.717) is 17.3 Å². The zero-order chi connectivity index (χ0) is 12.3. The van der Waals surface area contributed by atoms with Crippen molar-refractivity contribution < 1.29 is 4.74 Å². The number of anilines is 1. The Morgan fingerprint density at radius 2 is 1.88 bits per heavy atom. The number of nitrogens with zero attached hydrogens (tertiary/aromatic N) is 2. The molecule has 0 bridgehead atoms. The normalized spacial score (nSPS) is 9.65. The number of benzene rings is 1. The topological polar surface area (TPSA) is 71.9 Å². The van der Waals surface area contributed by atoms with E-state index in [1.807, 2.05) is 18.2 Å².